The predicted molar refractivity (Wildman–Crippen MR) is 33.6 cm³/mol. The number of hydrogen-bond donors (Lipinski definition) is 1. The van der Waals surface area contributed by atoms with E-state index in [2.05, 4.69) is 0 Å². The molecule has 0 aliphatic heterocycles. The van der Waals surface area contributed by atoms with Crippen molar-refractivity contribution >= 4 is 11.7 Å². The van der Waals surface area contributed by atoms with Gasteiger partial charge >= 0.3 is 0 Å². The highest BCUT2D eigenvalue weighted by atomic mass is 16.2. The molecule has 0 rings (SSSR count). The van der Waals surface area contributed by atoms with Gasteiger partial charge < -0.3 is 5.73 Å². The summed E-state index contributed by atoms with van der Waals surface area (Å²) < 4.78 is 0. The second kappa shape index (κ2) is 3.83. The van der Waals surface area contributed by atoms with E-state index in [9.17, 15) is 9.59 Å². The minimum absolute atomic E-state index is 0.190. The molecule has 3 nitrogen and oxygen atoms in total. The molecule has 0 unspecified atom stereocenters. The molecule has 0 fully saturated rings. The van der Waals surface area contributed by atoms with E-state index >= 15 is 0 Å². The molecule has 50 valence electrons. The average Bonchev–Trinajstić information content (AvgIpc) is 1.63. The van der Waals surface area contributed by atoms with Crippen LogP contribution in [-0.4, -0.2) is 11.7 Å². The van der Waals surface area contributed by atoms with E-state index in [1.54, 1.807) is 13.0 Å². The smallest absolute Gasteiger partial charge is 0.225 e. The number of nitrogens with two attached hydrogens (primary N) is 1. The summed E-state index contributed by atoms with van der Waals surface area (Å²) in [5.74, 6) is -0.830. The van der Waals surface area contributed by atoms with Crippen LogP contribution in [0.3, 0.4) is 0 Å². The first-order valence-electron chi connectivity index (χ1n) is 2.60. The highest BCUT2D eigenvalue weighted by molar-refractivity contribution is 6.03. The summed E-state index contributed by atoms with van der Waals surface area (Å²) in [5.41, 5.74) is 4.73. The monoisotopic (exact) mass is 127 g/mol. The van der Waals surface area contributed by atoms with Gasteiger partial charge in [0.2, 0.25) is 5.91 Å². The molecule has 9 heavy (non-hydrogen) atoms. The van der Waals surface area contributed by atoms with Crippen molar-refractivity contribution in [2.24, 2.45) is 5.73 Å². The second-order valence-electron chi connectivity index (χ2n) is 1.61. The summed E-state index contributed by atoms with van der Waals surface area (Å²) in [4.78, 5) is 20.5. The molecular formula is C6H9NO2. The summed E-state index contributed by atoms with van der Waals surface area (Å²) in [6.45, 7) is 1.71. The molecular weight excluding hydrogens is 118 g/mol. The lowest BCUT2D eigenvalue weighted by Gasteiger charge is -1.85. The summed E-state index contributed by atoms with van der Waals surface area (Å²) in [6, 6.07) is 0. The van der Waals surface area contributed by atoms with Gasteiger partial charge in [-0.25, -0.2) is 0 Å². The van der Waals surface area contributed by atoms with E-state index in [4.69, 9.17) is 5.73 Å². The number of carbonyl (C=O) groups excluding carboxylic acids is 2. The molecule has 0 aromatic heterocycles. The fourth-order valence-corrected chi connectivity index (χ4v) is 0.417. The van der Waals surface area contributed by atoms with E-state index in [0.717, 1.165) is 0 Å². The molecule has 0 aliphatic rings. The Morgan fingerprint density at radius 2 is 2.11 bits per heavy atom. The van der Waals surface area contributed by atoms with Gasteiger partial charge in [0.05, 0.1) is 6.42 Å². The third kappa shape index (κ3) is 4.74. The van der Waals surface area contributed by atoms with Gasteiger partial charge in [-0.3, -0.25) is 9.59 Å². The maximum Gasteiger partial charge on any atom is 0.225 e. The van der Waals surface area contributed by atoms with E-state index in [0.29, 0.717) is 0 Å². The maximum absolute atomic E-state index is 10.5. The molecule has 3 heteroatoms. The first-order chi connectivity index (χ1) is 4.16. The largest absolute Gasteiger partial charge is 0.369 e. The van der Waals surface area contributed by atoms with E-state index in [-0.39, 0.29) is 12.2 Å². The second-order valence-corrected chi connectivity index (χ2v) is 1.61. The molecule has 0 saturated carbocycles. The van der Waals surface area contributed by atoms with Crippen LogP contribution in [0.1, 0.15) is 13.3 Å². The Bertz CT molecular complexity index is 149. The standard InChI is InChI=1S/C6H9NO2/c1-2-3-5(8)4-6(7)9/h2-3H,4H2,1H3,(H2,7,9). The first kappa shape index (κ1) is 7.88. The Morgan fingerprint density at radius 3 is 2.44 bits per heavy atom. The molecule has 0 saturated heterocycles. The van der Waals surface area contributed by atoms with Crippen molar-refractivity contribution in [2.45, 2.75) is 13.3 Å². The van der Waals surface area contributed by atoms with Crippen LogP contribution in [0.4, 0.5) is 0 Å². The van der Waals surface area contributed by atoms with Crippen LogP contribution in [-0.2, 0) is 9.59 Å². The third-order valence-electron chi connectivity index (χ3n) is 0.701. The number of hydrogen-bond acceptors (Lipinski definition) is 2. The number of primary amides is 1. The van der Waals surface area contributed by atoms with Gasteiger partial charge in [0.15, 0.2) is 5.78 Å². The quantitative estimate of drug-likeness (QED) is 0.428. The molecule has 0 aliphatic carbocycles. The Hall–Kier alpha value is -1.12. The number of ketones is 1. The Labute approximate surface area is 53.5 Å². The van der Waals surface area contributed by atoms with Crippen molar-refractivity contribution in [3.63, 3.8) is 0 Å². The van der Waals surface area contributed by atoms with Gasteiger partial charge in [-0.2, -0.15) is 0 Å². The Kier molecular flexibility index (Phi) is 3.35. The minimum atomic E-state index is -0.585. The van der Waals surface area contributed by atoms with Crippen molar-refractivity contribution in [1.29, 1.82) is 0 Å². The molecule has 0 bridgehead atoms. The van der Waals surface area contributed by atoms with Crippen molar-refractivity contribution in [3.05, 3.63) is 12.2 Å². The van der Waals surface area contributed by atoms with Gasteiger partial charge in [0.25, 0.3) is 0 Å². The van der Waals surface area contributed by atoms with Crippen molar-refractivity contribution in [2.75, 3.05) is 0 Å². The fourth-order valence-electron chi connectivity index (χ4n) is 0.417. The van der Waals surface area contributed by atoms with Gasteiger partial charge in [-0.05, 0) is 13.0 Å². The van der Waals surface area contributed by atoms with Crippen LogP contribution in [0, 0.1) is 0 Å². The number of amides is 1. The lowest BCUT2D eigenvalue weighted by Crippen LogP contribution is -2.14. The highest BCUT2D eigenvalue weighted by Crippen LogP contribution is 1.82. The highest BCUT2D eigenvalue weighted by Gasteiger charge is 1.99. The Balaban J connectivity index is 3.64. The van der Waals surface area contributed by atoms with Gasteiger partial charge in [0.1, 0.15) is 0 Å². The summed E-state index contributed by atoms with van der Waals surface area (Å²) in [6.07, 6.45) is 2.71. The van der Waals surface area contributed by atoms with Crippen LogP contribution >= 0.6 is 0 Å². The van der Waals surface area contributed by atoms with Crippen LogP contribution in [0.5, 0.6) is 0 Å². The molecule has 0 atom stereocenters. The zero-order valence-corrected chi connectivity index (χ0v) is 5.26. The van der Waals surface area contributed by atoms with Crippen molar-refractivity contribution < 1.29 is 9.59 Å². The summed E-state index contributed by atoms with van der Waals surface area (Å²) >= 11 is 0. The van der Waals surface area contributed by atoms with Crippen LogP contribution in [0.25, 0.3) is 0 Å². The van der Waals surface area contributed by atoms with E-state index < -0.39 is 5.91 Å². The van der Waals surface area contributed by atoms with Crippen LogP contribution in [0.15, 0.2) is 12.2 Å². The molecule has 0 aromatic rings. The van der Waals surface area contributed by atoms with Gasteiger partial charge in [0, 0.05) is 0 Å². The number of rotatable bonds is 3. The van der Waals surface area contributed by atoms with Crippen LogP contribution < -0.4 is 5.73 Å². The van der Waals surface area contributed by atoms with E-state index in [1.165, 1.54) is 6.08 Å². The predicted octanol–water partition coefficient (Wildman–Crippen LogP) is 0.00700. The summed E-state index contributed by atoms with van der Waals surface area (Å²) in [7, 11) is 0. The average molecular weight is 127 g/mol. The molecule has 2 N–H and O–H groups in total. The zero-order chi connectivity index (χ0) is 7.28. The Morgan fingerprint density at radius 1 is 1.56 bits per heavy atom. The number of allylic oxidation sites excluding steroid dienone is 2. The van der Waals surface area contributed by atoms with Crippen molar-refractivity contribution in [1.82, 2.24) is 0 Å². The lowest BCUT2D eigenvalue weighted by atomic mass is 10.2. The summed E-state index contributed by atoms with van der Waals surface area (Å²) in [5, 5.41) is 0. The first-order valence-corrected chi connectivity index (χ1v) is 2.60. The molecule has 1 amide bonds. The minimum Gasteiger partial charge on any atom is -0.369 e. The van der Waals surface area contributed by atoms with Crippen LogP contribution in [0.2, 0.25) is 0 Å². The maximum atomic E-state index is 10.5. The number of carbonyl (C=O) groups is 2. The van der Waals surface area contributed by atoms with Gasteiger partial charge in [-0.15, -0.1) is 0 Å². The zero-order valence-electron chi connectivity index (χ0n) is 5.26. The fraction of sp³-hybridized carbons (Fsp3) is 0.333. The van der Waals surface area contributed by atoms with Crippen molar-refractivity contribution in [3.8, 4) is 0 Å². The third-order valence-corrected chi connectivity index (χ3v) is 0.701. The molecule has 0 heterocycles. The normalized spacial score (nSPS) is 9.89. The van der Waals surface area contributed by atoms with Gasteiger partial charge in [-0.1, -0.05) is 6.08 Å². The molecule has 0 radical (unpaired) electrons. The molecule has 0 spiro atoms. The van der Waals surface area contributed by atoms with E-state index in [1.807, 2.05) is 0 Å². The lowest BCUT2D eigenvalue weighted by molar-refractivity contribution is -0.124. The molecule has 0 aromatic carbocycles. The topological polar surface area (TPSA) is 60.2 Å². The SMILES string of the molecule is CC=CC(=O)CC(N)=O.